The van der Waals surface area contributed by atoms with E-state index in [1.807, 2.05) is 58.0 Å². The second kappa shape index (κ2) is 17.2. The van der Waals surface area contributed by atoms with Crippen LogP contribution >= 0.6 is 0 Å². The minimum absolute atomic E-state index is 0.0732. The minimum atomic E-state index is -0.831. The standard InChI is InChI=1S/C31H45N3O7/c1-6-40-27(36)13-12-25(17-23-14-15-32-29(23)37)33-30(38)24(16-20(2)3)18-26(35)28(21(4)5)34-31(39)41-19-22-10-8-7-9-11-22/h7-13,20-21,23-25,28H,6,14-19H2,1-5H3,(H,32,37)(H,33,38)(H,34,39)/b13-12+/t23-,24+,25+,28-/m0/s1. The number of ketones is 1. The van der Waals surface area contributed by atoms with Gasteiger partial charge in [-0.1, -0.05) is 64.1 Å². The van der Waals surface area contributed by atoms with E-state index in [1.165, 1.54) is 12.2 Å². The van der Waals surface area contributed by atoms with Crippen LogP contribution in [-0.4, -0.2) is 54.9 Å². The fourth-order valence-corrected chi connectivity index (χ4v) is 4.78. The van der Waals surface area contributed by atoms with Crippen molar-refractivity contribution >= 4 is 29.7 Å². The van der Waals surface area contributed by atoms with Gasteiger partial charge < -0.3 is 25.4 Å². The second-order valence-electron chi connectivity index (χ2n) is 11.2. The number of hydrogen-bond acceptors (Lipinski definition) is 7. The number of ether oxygens (including phenoxy) is 2. The van der Waals surface area contributed by atoms with Gasteiger partial charge in [-0.15, -0.1) is 0 Å². The molecule has 1 saturated heterocycles. The second-order valence-corrected chi connectivity index (χ2v) is 11.2. The summed E-state index contributed by atoms with van der Waals surface area (Å²) in [5.41, 5.74) is 0.824. The van der Waals surface area contributed by atoms with Gasteiger partial charge in [-0.3, -0.25) is 14.4 Å². The van der Waals surface area contributed by atoms with Crippen LogP contribution in [0.4, 0.5) is 4.79 Å². The van der Waals surface area contributed by atoms with E-state index in [1.54, 1.807) is 6.92 Å². The molecule has 4 atom stereocenters. The minimum Gasteiger partial charge on any atom is -0.463 e. The van der Waals surface area contributed by atoms with Gasteiger partial charge in [0.1, 0.15) is 6.61 Å². The summed E-state index contributed by atoms with van der Waals surface area (Å²) in [7, 11) is 0. The highest BCUT2D eigenvalue weighted by Crippen LogP contribution is 2.21. The molecule has 1 aliphatic heterocycles. The first-order chi connectivity index (χ1) is 19.5. The molecule has 1 aliphatic rings. The zero-order valence-corrected chi connectivity index (χ0v) is 24.8. The molecule has 1 aromatic carbocycles. The molecule has 0 aromatic heterocycles. The molecule has 226 valence electrons. The quantitative estimate of drug-likeness (QED) is 0.203. The normalized spacial score (nSPS) is 17.1. The molecule has 41 heavy (non-hydrogen) atoms. The number of esters is 1. The van der Waals surface area contributed by atoms with Crippen LogP contribution in [0.25, 0.3) is 0 Å². The Bertz CT molecular complexity index is 1060. The van der Waals surface area contributed by atoms with Crippen molar-refractivity contribution in [2.75, 3.05) is 13.2 Å². The molecule has 0 unspecified atom stereocenters. The van der Waals surface area contributed by atoms with Crippen LogP contribution in [-0.2, 0) is 35.3 Å². The average molecular weight is 572 g/mol. The third-order valence-corrected chi connectivity index (χ3v) is 6.85. The number of rotatable bonds is 16. The molecule has 1 heterocycles. The average Bonchev–Trinajstić information content (AvgIpc) is 3.32. The van der Waals surface area contributed by atoms with Gasteiger partial charge in [-0.25, -0.2) is 9.59 Å². The lowest BCUT2D eigenvalue weighted by atomic mass is 9.87. The fourth-order valence-electron chi connectivity index (χ4n) is 4.78. The number of benzene rings is 1. The van der Waals surface area contributed by atoms with E-state index in [9.17, 15) is 24.0 Å². The lowest BCUT2D eigenvalue weighted by Gasteiger charge is -2.26. The van der Waals surface area contributed by atoms with Crippen LogP contribution in [0.2, 0.25) is 0 Å². The number of alkyl carbamates (subject to hydrolysis) is 1. The summed E-state index contributed by atoms with van der Waals surface area (Å²) in [4.78, 5) is 63.5. The van der Waals surface area contributed by atoms with Crippen LogP contribution in [0.15, 0.2) is 42.5 Å². The molecule has 10 nitrogen and oxygen atoms in total. The van der Waals surface area contributed by atoms with Gasteiger partial charge in [0.05, 0.1) is 12.6 Å². The number of Topliss-reactive ketones (excluding diaryl/α,β-unsaturated/α-hetero) is 1. The number of carbonyl (C=O) groups is 5. The van der Waals surface area contributed by atoms with Crippen LogP contribution in [0, 0.1) is 23.7 Å². The predicted octanol–water partition coefficient (Wildman–Crippen LogP) is 3.69. The van der Waals surface area contributed by atoms with Crippen molar-refractivity contribution in [3.63, 3.8) is 0 Å². The van der Waals surface area contributed by atoms with Crippen molar-refractivity contribution in [1.82, 2.24) is 16.0 Å². The van der Waals surface area contributed by atoms with Crippen LogP contribution < -0.4 is 16.0 Å². The van der Waals surface area contributed by atoms with E-state index in [-0.39, 0.29) is 55.0 Å². The van der Waals surface area contributed by atoms with E-state index < -0.39 is 30.1 Å². The number of amides is 3. The highest BCUT2D eigenvalue weighted by molar-refractivity contribution is 5.92. The summed E-state index contributed by atoms with van der Waals surface area (Å²) < 4.78 is 10.3. The molecule has 3 amide bonds. The topological polar surface area (TPSA) is 140 Å². The number of hydrogen-bond donors (Lipinski definition) is 3. The largest absolute Gasteiger partial charge is 0.463 e. The zero-order valence-electron chi connectivity index (χ0n) is 24.8. The summed E-state index contributed by atoms with van der Waals surface area (Å²) in [6.45, 7) is 10.1. The first kappa shape index (κ1) is 33.5. The third-order valence-electron chi connectivity index (χ3n) is 6.85. The van der Waals surface area contributed by atoms with Gasteiger partial charge in [0.15, 0.2) is 5.78 Å². The Kier molecular flexibility index (Phi) is 14.1. The van der Waals surface area contributed by atoms with Crippen LogP contribution in [0.3, 0.4) is 0 Å². The summed E-state index contributed by atoms with van der Waals surface area (Å²) in [6.07, 6.45) is 3.40. The van der Waals surface area contributed by atoms with Gasteiger partial charge in [0, 0.05) is 36.9 Å². The van der Waals surface area contributed by atoms with Crippen molar-refractivity contribution in [2.24, 2.45) is 23.7 Å². The number of nitrogens with one attached hydrogen (secondary N) is 3. The third kappa shape index (κ3) is 12.2. The molecule has 3 N–H and O–H groups in total. The molecule has 0 spiro atoms. The van der Waals surface area contributed by atoms with Crippen molar-refractivity contribution in [3.8, 4) is 0 Å². The van der Waals surface area contributed by atoms with E-state index in [0.717, 1.165) is 5.56 Å². The molecule has 1 fully saturated rings. The van der Waals surface area contributed by atoms with Crippen LogP contribution in [0.5, 0.6) is 0 Å². The first-order valence-electron chi connectivity index (χ1n) is 14.4. The lowest BCUT2D eigenvalue weighted by Crippen LogP contribution is -2.47. The molecule has 0 radical (unpaired) electrons. The maximum atomic E-state index is 13.5. The number of carbonyl (C=O) groups excluding carboxylic acids is 5. The summed E-state index contributed by atoms with van der Waals surface area (Å²) in [6, 6.07) is 7.79. The molecule has 10 heteroatoms. The molecule has 2 rings (SSSR count). The summed E-state index contributed by atoms with van der Waals surface area (Å²) in [5, 5.41) is 8.40. The molecule has 0 saturated carbocycles. The smallest absolute Gasteiger partial charge is 0.408 e. The Morgan fingerprint density at radius 2 is 1.76 bits per heavy atom. The lowest BCUT2D eigenvalue weighted by molar-refractivity contribution is -0.137. The Hall–Kier alpha value is -3.69. The molecular weight excluding hydrogens is 526 g/mol. The van der Waals surface area contributed by atoms with Crippen molar-refractivity contribution in [3.05, 3.63) is 48.0 Å². The summed E-state index contributed by atoms with van der Waals surface area (Å²) >= 11 is 0. The maximum absolute atomic E-state index is 13.5. The molecular formula is C31H45N3O7. The Labute approximate surface area is 243 Å². The van der Waals surface area contributed by atoms with Crippen LogP contribution in [0.1, 0.15) is 65.9 Å². The fraction of sp³-hybridized carbons (Fsp3) is 0.581. The SMILES string of the molecule is CCOC(=O)/C=C/[C@H](C[C@@H]1CCNC1=O)NC(=O)[C@@H](CC(=O)[C@@H](NC(=O)OCc1ccccc1)C(C)C)CC(C)C. The van der Waals surface area contributed by atoms with Crippen molar-refractivity contribution in [1.29, 1.82) is 0 Å². The van der Waals surface area contributed by atoms with Crippen molar-refractivity contribution < 1.29 is 33.4 Å². The Morgan fingerprint density at radius 1 is 1.05 bits per heavy atom. The zero-order chi connectivity index (χ0) is 30.4. The van der Waals surface area contributed by atoms with E-state index in [0.29, 0.717) is 25.8 Å². The van der Waals surface area contributed by atoms with E-state index >= 15 is 0 Å². The Balaban J connectivity index is 2.10. The van der Waals surface area contributed by atoms with Gasteiger partial charge in [0.25, 0.3) is 0 Å². The maximum Gasteiger partial charge on any atom is 0.408 e. The summed E-state index contributed by atoms with van der Waals surface area (Å²) in [5.74, 6) is -2.32. The van der Waals surface area contributed by atoms with Gasteiger partial charge in [0.2, 0.25) is 11.8 Å². The van der Waals surface area contributed by atoms with Gasteiger partial charge in [-0.2, -0.15) is 0 Å². The molecule has 0 aliphatic carbocycles. The van der Waals surface area contributed by atoms with E-state index in [2.05, 4.69) is 16.0 Å². The Morgan fingerprint density at radius 3 is 2.34 bits per heavy atom. The van der Waals surface area contributed by atoms with E-state index in [4.69, 9.17) is 9.47 Å². The van der Waals surface area contributed by atoms with Gasteiger partial charge >= 0.3 is 12.1 Å². The molecule has 0 bridgehead atoms. The van der Waals surface area contributed by atoms with Crippen molar-refractivity contribution in [2.45, 2.75) is 79.0 Å². The highest BCUT2D eigenvalue weighted by Gasteiger charge is 2.32. The molecule has 1 aromatic rings. The monoisotopic (exact) mass is 571 g/mol. The highest BCUT2D eigenvalue weighted by atomic mass is 16.5. The van der Waals surface area contributed by atoms with Gasteiger partial charge in [-0.05, 0) is 43.6 Å². The predicted molar refractivity (Wildman–Crippen MR) is 154 cm³/mol. The first-order valence-corrected chi connectivity index (χ1v) is 14.4.